The van der Waals surface area contributed by atoms with Crippen molar-refractivity contribution < 1.29 is 18.7 Å². The van der Waals surface area contributed by atoms with Gasteiger partial charge in [-0.15, -0.1) is 0 Å². The van der Waals surface area contributed by atoms with Crippen LogP contribution in [0.4, 0.5) is 8.78 Å². The van der Waals surface area contributed by atoms with E-state index in [9.17, 15) is 13.6 Å². The van der Waals surface area contributed by atoms with Crippen LogP contribution in [0.5, 0.6) is 0 Å². The molecule has 72 valence electrons. The highest BCUT2D eigenvalue weighted by Gasteiger charge is 2.18. The number of hydrogen-bond donors (Lipinski definition) is 1. The third-order valence-electron chi connectivity index (χ3n) is 1.73. The molecule has 0 saturated carbocycles. The highest BCUT2D eigenvalue weighted by Crippen LogP contribution is 2.27. The van der Waals surface area contributed by atoms with Gasteiger partial charge in [-0.25, -0.2) is 13.6 Å². The number of rotatable bonds is 1. The van der Waals surface area contributed by atoms with E-state index in [1.54, 1.807) is 0 Å². The predicted octanol–water partition coefficient (Wildman–Crippen LogP) is 2.27. The quantitative estimate of drug-likeness (QED) is 0.793. The highest BCUT2D eigenvalue weighted by molar-refractivity contribution is 7.13. The van der Waals surface area contributed by atoms with Crippen LogP contribution in [0.15, 0.2) is 12.1 Å². The van der Waals surface area contributed by atoms with Crippen LogP contribution in [-0.4, -0.2) is 15.4 Å². The summed E-state index contributed by atoms with van der Waals surface area (Å²) in [5, 5.41) is 8.38. The molecule has 6 heteroatoms. The first-order valence-corrected chi connectivity index (χ1v) is 4.35. The van der Waals surface area contributed by atoms with E-state index in [-0.39, 0.29) is 10.1 Å². The van der Waals surface area contributed by atoms with Crippen LogP contribution in [0.3, 0.4) is 0 Å². The first-order valence-electron chi connectivity index (χ1n) is 3.58. The predicted molar refractivity (Wildman–Crippen MR) is 46.5 cm³/mol. The molecule has 1 aromatic heterocycles. The van der Waals surface area contributed by atoms with E-state index >= 15 is 0 Å². The van der Waals surface area contributed by atoms with Crippen LogP contribution < -0.4 is 0 Å². The minimum Gasteiger partial charge on any atom is -0.476 e. The molecule has 0 aliphatic carbocycles. The monoisotopic (exact) mass is 215 g/mol. The first kappa shape index (κ1) is 9.01. The molecule has 2 rings (SSSR count). The van der Waals surface area contributed by atoms with Gasteiger partial charge in [0, 0.05) is 0 Å². The minimum atomic E-state index is -1.36. The zero-order valence-electron chi connectivity index (χ0n) is 6.62. The third-order valence-corrected chi connectivity index (χ3v) is 2.58. The molecule has 0 aliphatic rings. The fraction of sp³-hybridized carbons (Fsp3) is 0. The van der Waals surface area contributed by atoms with E-state index in [0.717, 1.165) is 12.1 Å². The van der Waals surface area contributed by atoms with E-state index < -0.39 is 23.3 Å². The lowest BCUT2D eigenvalue weighted by Crippen LogP contribution is -1.97. The molecule has 1 aromatic carbocycles. The van der Waals surface area contributed by atoms with Crippen molar-refractivity contribution in [2.75, 3.05) is 0 Å². The van der Waals surface area contributed by atoms with Crippen LogP contribution in [0.2, 0.25) is 0 Å². The molecule has 0 saturated heterocycles. The van der Waals surface area contributed by atoms with Crippen molar-refractivity contribution in [2.24, 2.45) is 0 Å². The fourth-order valence-corrected chi connectivity index (χ4v) is 1.92. The van der Waals surface area contributed by atoms with Crippen molar-refractivity contribution in [3.8, 4) is 0 Å². The number of benzene rings is 1. The zero-order chi connectivity index (χ0) is 10.3. The Labute approximate surface area is 80.8 Å². The van der Waals surface area contributed by atoms with Crippen LogP contribution in [-0.2, 0) is 0 Å². The molecule has 1 heterocycles. The number of nitrogens with zero attached hydrogens (tertiary/aromatic N) is 1. The van der Waals surface area contributed by atoms with Gasteiger partial charge in [0.05, 0.1) is 10.1 Å². The van der Waals surface area contributed by atoms with Crippen LogP contribution in [0.25, 0.3) is 10.1 Å². The number of carboxylic acid groups (broad SMARTS) is 1. The third kappa shape index (κ3) is 1.15. The van der Waals surface area contributed by atoms with Crippen molar-refractivity contribution in [1.29, 1.82) is 0 Å². The number of fused-ring (bicyclic) bond motifs is 1. The average Bonchev–Trinajstić information content (AvgIpc) is 2.56. The van der Waals surface area contributed by atoms with Gasteiger partial charge in [0.15, 0.2) is 5.69 Å². The van der Waals surface area contributed by atoms with Crippen molar-refractivity contribution in [2.45, 2.75) is 0 Å². The second kappa shape index (κ2) is 2.98. The summed E-state index contributed by atoms with van der Waals surface area (Å²) in [5.41, 5.74) is -0.443. The number of carboxylic acids is 1. The van der Waals surface area contributed by atoms with E-state index in [1.807, 2.05) is 0 Å². The molecule has 2 aromatic rings. The lowest BCUT2D eigenvalue weighted by molar-refractivity contribution is 0.0694. The Morgan fingerprint density at radius 1 is 1.36 bits per heavy atom. The molecule has 0 fully saturated rings. The summed E-state index contributed by atoms with van der Waals surface area (Å²) in [6, 6.07) is 1.83. The van der Waals surface area contributed by atoms with Gasteiger partial charge in [-0.05, 0) is 23.7 Å². The highest BCUT2D eigenvalue weighted by atomic mass is 32.1. The smallest absolute Gasteiger partial charge is 0.356 e. The van der Waals surface area contributed by atoms with Crippen LogP contribution in [0, 0.1) is 11.6 Å². The molecular formula is C8H3F2NO2S. The summed E-state index contributed by atoms with van der Waals surface area (Å²) in [6.45, 7) is 0. The Hall–Kier alpha value is -1.56. The van der Waals surface area contributed by atoms with E-state index in [2.05, 4.69) is 4.37 Å². The number of aromatic nitrogens is 1. The normalized spacial score (nSPS) is 10.7. The van der Waals surface area contributed by atoms with Gasteiger partial charge < -0.3 is 5.11 Å². The lowest BCUT2D eigenvalue weighted by Gasteiger charge is -1.94. The fourth-order valence-electron chi connectivity index (χ4n) is 1.13. The van der Waals surface area contributed by atoms with E-state index in [4.69, 9.17) is 5.11 Å². The number of aromatic carboxylic acids is 1. The Balaban J connectivity index is 2.90. The maximum atomic E-state index is 13.2. The molecule has 0 unspecified atom stereocenters. The maximum absolute atomic E-state index is 13.2. The van der Waals surface area contributed by atoms with Gasteiger partial charge in [0.25, 0.3) is 0 Å². The second-order valence-corrected chi connectivity index (χ2v) is 3.34. The van der Waals surface area contributed by atoms with Gasteiger partial charge in [0.1, 0.15) is 11.6 Å². The number of carbonyl (C=O) groups is 1. The first-order chi connectivity index (χ1) is 6.61. The molecule has 0 bridgehead atoms. The van der Waals surface area contributed by atoms with Gasteiger partial charge in [0.2, 0.25) is 0 Å². The van der Waals surface area contributed by atoms with E-state index in [1.165, 1.54) is 0 Å². The average molecular weight is 215 g/mol. The summed E-state index contributed by atoms with van der Waals surface area (Å²) in [5.74, 6) is -2.79. The van der Waals surface area contributed by atoms with Crippen LogP contribution >= 0.6 is 11.5 Å². The molecule has 3 nitrogen and oxygen atoms in total. The molecule has 0 aliphatic heterocycles. The Morgan fingerprint density at radius 3 is 2.64 bits per heavy atom. The van der Waals surface area contributed by atoms with Gasteiger partial charge in [-0.3, -0.25) is 0 Å². The largest absolute Gasteiger partial charge is 0.476 e. The van der Waals surface area contributed by atoms with Crippen molar-refractivity contribution >= 4 is 27.6 Å². The van der Waals surface area contributed by atoms with Crippen molar-refractivity contribution in [1.82, 2.24) is 4.37 Å². The minimum absolute atomic E-state index is 0.0672. The Bertz CT molecular complexity index is 523. The standard InChI is InChI=1S/C8H3F2NO2S/c9-3-1-2-4(10)7-5(3)6(8(12)13)11-14-7/h1-2H,(H,12,13). The zero-order valence-corrected chi connectivity index (χ0v) is 7.44. The van der Waals surface area contributed by atoms with Gasteiger partial charge in [-0.2, -0.15) is 4.37 Å². The molecular weight excluding hydrogens is 212 g/mol. The molecule has 0 amide bonds. The molecule has 0 spiro atoms. The Kier molecular flexibility index (Phi) is 1.92. The second-order valence-electron chi connectivity index (χ2n) is 2.57. The van der Waals surface area contributed by atoms with E-state index in [0.29, 0.717) is 11.5 Å². The Morgan fingerprint density at radius 2 is 2.00 bits per heavy atom. The topological polar surface area (TPSA) is 50.2 Å². The number of hydrogen-bond acceptors (Lipinski definition) is 3. The van der Waals surface area contributed by atoms with Crippen LogP contribution in [0.1, 0.15) is 10.5 Å². The number of halogens is 2. The van der Waals surface area contributed by atoms with Crippen molar-refractivity contribution in [3.05, 3.63) is 29.5 Å². The molecule has 0 radical (unpaired) electrons. The summed E-state index contributed by atoms with van der Waals surface area (Å²) >= 11 is 0.637. The summed E-state index contributed by atoms with van der Waals surface area (Å²) in [7, 11) is 0. The summed E-state index contributed by atoms with van der Waals surface area (Å²) < 4.78 is 29.6. The lowest BCUT2D eigenvalue weighted by atomic mass is 10.2. The molecule has 0 atom stereocenters. The van der Waals surface area contributed by atoms with Crippen molar-refractivity contribution in [3.63, 3.8) is 0 Å². The van der Waals surface area contributed by atoms with Gasteiger partial charge in [-0.1, -0.05) is 0 Å². The molecule has 14 heavy (non-hydrogen) atoms. The van der Waals surface area contributed by atoms with Gasteiger partial charge >= 0.3 is 5.97 Å². The SMILES string of the molecule is O=C(O)c1nsc2c(F)ccc(F)c12. The molecule has 1 N–H and O–H groups in total. The summed E-state index contributed by atoms with van der Waals surface area (Å²) in [4.78, 5) is 10.6. The summed E-state index contributed by atoms with van der Waals surface area (Å²) in [6.07, 6.45) is 0. The maximum Gasteiger partial charge on any atom is 0.356 e.